The van der Waals surface area contributed by atoms with Crippen LogP contribution in [-0.2, 0) is 12.4 Å². The molecule has 2 rings (SSSR count). The van der Waals surface area contributed by atoms with Gasteiger partial charge in [-0.1, -0.05) is 11.8 Å². The molecular formula is C11H8F3N3OS. The summed E-state index contributed by atoms with van der Waals surface area (Å²) >= 11 is 0.904. The highest BCUT2D eigenvalue weighted by Gasteiger charge is 2.11. The van der Waals surface area contributed by atoms with Crippen LogP contribution < -0.4 is 5.56 Å². The molecule has 0 saturated heterocycles. The summed E-state index contributed by atoms with van der Waals surface area (Å²) < 4.78 is 39.0. The van der Waals surface area contributed by atoms with Crippen LogP contribution in [0.1, 0.15) is 11.3 Å². The van der Waals surface area contributed by atoms with Gasteiger partial charge >= 0.3 is 0 Å². The number of aromatic amines is 1. The van der Waals surface area contributed by atoms with E-state index in [1.807, 2.05) is 0 Å². The van der Waals surface area contributed by atoms with E-state index in [-0.39, 0.29) is 22.2 Å². The second-order valence-corrected chi connectivity index (χ2v) is 4.51. The van der Waals surface area contributed by atoms with Crippen molar-refractivity contribution in [1.29, 1.82) is 0 Å². The van der Waals surface area contributed by atoms with Gasteiger partial charge in [0.05, 0.1) is 18.1 Å². The van der Waals surface area contributed by atoms with Crippen LogP contribution in [0.15, 0.2) is 28.4 Å². The standard InChI is InChI=1S/C11H8F3N3OS/c12-2-6-1-10(18)17-11(16-6)19-5-7-8(13)3-15-4-9(7)14/h1,3-4H,2,5H2,(H,16,17,18). The van der Waals surface area contributed by atoms with E-state index in [9.17, 15) is 18.0 Å². The second kappa shape index (κ2) is 5.87. The van der Waals surface area contributed by atoms with Crippen molar-refractivity contribution in [2.45, 2.75) is 17.6 Å². The maximum atomic E-state index is 13.3. The average molecular weight is 287 g/mol. The van der Waals surface area contributed by atoms with E-state index in [1.54, 1.807) is 0 Å². The maximum absolute atomic E-state index is 13.3. The molecule has 2 aromatic rings. The number of H-pyrrole nitrogens is 1. The maximum Gasteiger partial charge on any atom is 0.251 e. The van der Waals surface area contributed by atoms with Crippen molar-refractivity contribution in [3.05, 3.63) is 51.7 Å². The van der Waals surface area contributed by atoms with Gasteiger partial charge in [0.25, 0.3) is 5.56 Å². The molecule has 0 aliphatic carbocycles. The predicted octanol–water partition coefficient (Wildman–Crippen LogP) is 2.20. The third-order valence-corrected chi connectivity index (χ3v) is 3.12. The molecule has 0 amide bonds. The van der Waals surface area contributed by atoms with Crippen LogP contribution in [-0.4, -0.2) is 15.0 Å². The fourth-order valence-corrected chi connectivity index (χ4v) is 2.25. The smallest absolute Gasteiger partial charge is 0.251 e. The molecular weight excluding hydrogens is 279 g/mol. The Kier molecular flexibility index (Phi) is 4.20. The molecule has 0 aliphatic heterocycles. The molecule has 0 unspecified atom stereocenters. The second-order valence-electron chi connectivity index (χ2n) is 3.55. The SMILES string of the molecule is O=c1cc(CF)nc(SCc2c(F)cncc2F)[nH]1. The minimum Gasteiger partial charge on any atom is -0.301 e. The Bertz CT molecular complexity index is 627. The van der Waals surface area contributed by atoms with Gasteiger partial charge in [-0.05, 0) is 0 Å². The number of rotatable bonds is 4. The number of nitrogens with zero attached hydrogens (tertiary/aromatic N) is 2. The largest absolute Gasteiger partial charge is 0.301 e. The Morgan fingerprint density at radius 3 is 2.58 bits per heavy atom. The summed E-state index contributed by atoms with van der Waals surface area (Å²) in [5.41, 5.74) is -0.712. The summed E-state index contributed by atoms with van der Waals surface area (Å²) in [6.07, 6.45) is 1.79. The van der Waals surface area contributed by atoms with E-state index in [1.165, 1.54) is 0 Å². The Balaban J connectivity index is 2.19. The number of aromatic nitrogens is 3. The van der Waals surface area contributed by atoms with Crippen molar-refractivity contribution in [3.63, 3.8) is 0 Å². The first-order valence-corrected chi connectivity index (χ1v) is 6.15. The summed E-state index contributed by atoms with van der Waals surface area (Å²) in [4.78, 5) is 20.7. The van der Waals surface area contributed by atoms with Crippen LogP contribution in [0.2, 0.25) is 0 Å². The number of alkyl halides is 1. The van der Waals surface area contributed by atoms with Gasteiger partial charge < -0.3 is 4.98 Å². The zero-order valence-corrected chi connectivity index (χ0v) is 10.3. The van der Waals surface area contributed by atoms with E-state index in [0.717, 1.165) is 30.2 Å². The molecule has 2 aromatic heterocycles. The quantitative estimate of drug-likeness (QED) is 0.692. The molecule has 100 valence electrons. The van der Waals surface area contributed by atoms with Gasteiger partial charge in [-0.2, -0.15) is 0 Å². The monoisotopic (exact) mass is 287 g/mol. The van der Waals surface area contributed by atoms with Gasteiger partial charge in [-0.15, -0.1) is 0 Å². The molecule has 0 fully saturated rings. The minimum atomic E-state index is -0.880. The van der Waals surface area contributed by atoms with Gasteiger partial charge in [0.15, 0.2) is 5.16 Å². The topological polar surface area (TPSA) is 58.6 Å². The summed E-state index contributed by atoms with van der Waals surface area (Å²) in [6, 6.07) is 1.03. The predicted molar refractivity (Wildman–Crippen MR) is 63.4 cm³/mol. The molecule has 0 spiro atoms. The van der Waals surface area contributed by atoms with Gasteiger partial charge in [-0.3, -0.25) is 9.78 Å². The van der Waals surface area contributed by atoms with Crippen molar-refractivity contribution in [3.8, 4) is 0 Å². The van der Waals surface area contributed by atoms with Gasteiger partial charge in [-0.25, -0.2) is 18.2 Å². The van der Waals surface area contributed by atoms with Gasteiger partial charge in [0.2, 0.25) is 0 Å². The van der Waals surface area contributed by atoms with Gasteiger partial charge in [0.1, 0.15) is 18.3 Å². The van der Waals surface area contributed by atoms with Gasteiger partial charge in [0, 0.05) is 17.4 Å². The number of nitrogens with one attached hydrogen (secondary N) is 1. The Labute approximate surface area is 110 Å². The molecule has 0 aliphatic rings. The fourth-order valence-electron chi connectivity index (χ4n) is 1.34. The van der Waals surface area contributed by atoms with E-state index in [0.29, 0.717) is 0 Å². The lowest BCUT2D eigenvalue weighted by Gasteiger charge is -2.04. The van der Waals surface area contributed by atoms with Crippen LogP contribution >= 0.6 is 11.8 Å². The summed E-state index contributed by atoms with van der Waals surface area (Å²) in [6.45, 7) is -0.880. The number of pyridine rings is 1. The first-order valence-electron chi connectivity index (χ1n) is 5.17. The zero-order chi connectivity index (χ0) is 13.8. The Hall–Kier alpha value is -1.83. The minimum absolute atomic E-state index is 0.0260. The highest BCUT2D eigenvalue weighted by Crippen LogP contribution is 2.22. The lowest BCUT2D eigenvalue weighted by Crippen LogP contribution is -2.09. The Morgan fingerprint density at radius 2 is 1.95 bits per heavy atom. The Morgan fingerprint density at radius 1 is 1.26 bits per heavy atom. The molecule has 19 heavy (non-hydrogen) atoms. The van der Waals surface area contributed by atoms with Crippen molar-refractivity contribution >= 4 is 11.8 Å². The number of thioether (sulfide) groups is 1. The summed E-state index contributed by atoms with van der Waals surface area (Å²) in [5.74, 6) is -1.65. The van der Waals surface area contributed by atoms with Crippen molar-refractivity contribution in [1.82, 2.24) is 15.0 Å². The summed E-state index contributed by atoms with van der Waals surface area (Å²) in [7, 11) is 0. The lowest BCUT2D eigenvalue weighted by molar-refractivity contribution is 0.471. The molecule has 1 N–H and O–H groups in total. The van der Waals surface area contributed by atoms with E-state index >= 15 is 0 Å². The third kappa shape index (κ3) is 3.34. The van der Waals surface area contributed by atoms with E-state index in [2.05, 4.69) is 15.0 Å². The zero-order valence-electron chi connectivity index (χ0n) is 9.49. The number of hydrogen-bond acceptors (Lipinski definition) is 4. The average Bonchev–Trinajstić information content (AvgIpc) is 2.37. The van der Waals surface area contributed by atoms with Crippen LogP contribution in [0.5, 0.6) is 0 Å². The molecule has 0 bridgehead atoms. The van der Waals surface area contributed by atoms with Crippen LogP contribution in [0.25, 0.3) is 0 Å². The third-order valence-electron chi connectivity index (χ3n) is 2.22. The lowest BCUT2D eigenvalue weighted by atomic mass is 10.3. The highest BCUT2D eigenvalue weighted by atomic mass is 32.2. The normalized spacial score (nSPS) is 10.7. The number of hydrogen-bond donors (Lipinski definition) is 1. The molecule has 0 aromatic carbocycles. The first kappa shape index (κ1) is 13.6. The number of halogens is 3. The molecule has 0 saturated carbocycles. The van der Waals surface area contributed by atoms with Crippen LogP contribution in [0, 0.1) is 11.6 Å². The fraction of sp³-hybridized carbons (Fsp3) is 0.182. The first-order chi connectivity index (χ1) is 9.10. The van der Waals surface area contributed by atoms with Crippen molar-refractivity contribution < 1.29 is 13.2 Å². The summed E-state index contributed by atoms with van der Waals surface area (Å²) in [5, 5.41) is 0.107. The van der Waals surface area contributed by atoms with E-state index < -0.39 is 23.9 Å². The van der Waals surface area contributed by atoms with Crippen LogP contribution in [0.3, 0.4) is 0 Å². The molecule has 0 atom stereocenters. The van der Waals surface area contributed by atoms with Crippen molar-refractivity contribution in [2.24, 2.45) is 0 Å². The molecule has 2 heterocycles. The van der Waals surface area contributed by atoms with Crippen molar-refractivity contribution in [2.75, 3.05) is 0 Å². The molecule has 8 heteroatoms. The van der Waals surface area contributed by atoms with Crippen LogP contribution in [0.4, 0.5) is 13.2 Å². The molecule has 4 nitrogen and oxygen atoms in total. The molecule has 0 radical (unpaired) electrons. The van der Waals surface area contributed by atoms with E-state index in [4.69, 9.17) is 0 Å². The highest BCUT2D eigenvalue weighted by molar-refractivity contribution is 7.98.